The Bertz CT molecular complexity index is 529. The fraction of sp³-hybridized carbons (Fsp3) is 0.467. The predicted molar refractivity (Wildman–Crippen MR) is 78.1 cm³/mol. The lowest BCUT2D eigenvalue weighted by Gasteiger charge is -2.24. The molecule has 2 aromatic heterocycles. The average molecular weight is 271 g/mol. The molecule has 2 aromatic rings. The largest absolute Gasteiger partial charge is 0.297 e. The second-order valence-corrected chi connectivity index (χ2v) is 4.98. The molecule has 0 N–H and O–H groups in total. The fourth-order valence-electron chi connectivity index (χ4n) is 2.00. The summed E-state index contributed by atoms with van der Waals surface area (Å²) in [6, 6.07) is 2.36. The Labute approximate surface area is 120 Å². The molecular weight excluding hydrogens is 250 g/mol. The summed E-state index contributed by atoms with van der Waals surface area (Å²) < 4.78 is 0. The van der Waals surface area contributed by atoms with Crippen molar-refractivity contribution in [2.75, 3.05) is 7.05 Å². The molecule has 0 spiro atoms. The minimum Gasteiger partial charge on any atom is -0.297 e. The van der Waals surface area contributed by atoms with Gasteiger partial charge in [0, 0.05) is 50.2 Å². The van der Waals surface area contributed by atoms with Crippen LogP contribution in [0.25, 0.3) is 0 Å². The van der Waals surface area contributed by atoms with Crippen LogP contribution in [0, 0.1) is 0 Å². The molecule has 0 radical (unpaired) electrons. The lowest BCUT2D eigenvalue weighted by molar-refractivity contribution is 0.243. The lowest BCUT2D eigenvalue weighted by Crippen LogP contribution is -2.31. The van der Waals surface area contributed by atoms with E-state index < -0.39 is 0 Å². The van der Waals surface area contributed by atoms with Crippen LogP contribution >= 0.6 is 0 Å². The first-order chi connectivity index (χ1) is 9.69. The summed E-state index contributed by atoms with van der Waals surface area (Å²) in [5.41, 5.74) is 2.08. The Hall–Kier alpha value is -1.88. The molecule has 106 valence electrons. The van der Waals surface area contributed by atoms with Gasteiger partial charge in [-0.05, 0) is 20.0 Å². The van der Waals surface area contributed by atoms with Crippen molar-refractivity contribution in [3.63, 3.8) is 0 Å². The minimum atomic E-state index is 0.381. The highest BCUT2D eigenvalue weighted by atomic mass is 15.1. The average Bonchev–Trinajstić information content (AvgIpc) is 2.48. The summed E-state index contributed by atoms with van der Waals surface area (Å²) in [6.45, 7) is 5.08. The first-order valence-corrected chi connectivity index (χ1v) is 6.95. The summed E-state index contributed by atoms with van der Waals surface area (Å²) in [5.74, 6) is 0.900. The molecule has 1 atom stereocenters. The molecule has 2 heterocycles. The highest BCUT2D eigenvalue weighted by molar-refractivity contribution is 5.03. The van der Waals surface area contributed by atoms with Crippen LogP contribution in [0.1, 0.15) is 31.1 Å². The summed E-state index contributed by atoms with van der Waals surface area (Å²) in [5, 5.41) is 0. The van der Waals surface area contributed by atoms with E-state index in [0.29, 0.717) is 6.04 Å². The van der Waals surface area contributed by atoms with Gasteiger partial charge in [-0.15, -0.1) is 0 Å². The third-order valence-electron chi connectivity index (χ3n) is 3.36. The van der Waals surface area contributed by atoms with Gasteiger partial charge >= 0.3 is 0 Å². The third-order valence-corrected chi connectivity index (χ3v) is 3.36. The van der Waals surface area contributed by atoms with Crippen molar-refractivity contribution in [1.82, 2.24) is 24.8 Å². The molecule has 0 amide bonds. The SMILES string of the molecule is CCc1nccc(CN(C)C(C)Cc2cnccn2)n1. The maximum absolute atomic E-state index is 4.54. The highest BCUT2D eigenvalue weighted by Crippen LogP contribution is 2.08. The Morgan fingerprint density at radius 2 is 2.00 bits per heavy atom. The molecule has 5 nitrogen and oxygen atoms in total. The molecule has 1 unspecified atom stereocenters. The Morgan fingerprint density at radius 3 is 2.70 bits per heavy atom. The minimum absolute atomic E-state index is 0.381. The molecule has 0 aromatic carbocycles. The molecule has 0 aliphatic carbocycles. The monoisotopic (exact) mass is 271 g/mol. The van der Waals surface area contributed by atoms with Crippen LogP contribution in [0.4, 0.5) is 0 Å². The smallest absolute Gasteiger partial charge is 0.128 e. The summed E-state index contributed by atoms with van der Waals surface area (Å²) >= 11 is 0. The molecule has 0 bridgehead atoms. The van der Waals surface area contributed by atoms with E-state index in [2.05, 4.69) is 45.7 Å². The van der Waals surface area contributed by atoms with Crippen molar-refractivity contribution in [2.45, 2.75) is 39.3 Å². The van der Waals surface area contributed by atoms with E-state index in [0.717, 1.165) is 36.6 Å². The van der Waals surface area contributed by atoms with Gasteiger partial charge in [0.15, 0.2) is 0 Å². The standard InChI is InChI=1S/C15H21N5/c1-4-15-18-6-5-13(19-15)11-20(3)12(2)9-14-10-16-7-8-17-14/h5-8,10,12H,4,9,11H2,1-3H3. The van der Waals surface area contributed by atoms with Gasteiger partial charge in [-0.3, -0.25) is 14.9 Å². The van der Waals surface area contributed by atoms with Crippen LogP contribution in [0.5, 0.6) is 0 Å². The van der Waals surface area contributed by atoms with E-state index in [1.54, 1.807) is 12.4 Å². The fourth-order valence-corrected chi connectivity index (χ4v) is 2.00. The molecular formula is C15H21N5. The van der Waals surface area contributed by atoms with Gasteiger partial charge in [0.1, 0.15) is 5.82 Å². The number of hydrogen-bond acceptors (Lipinski definition) is 5. The molecule has 0 saturated heterocycles. The number of hydrogen-bond donors (Lipinski definition) is 0. The number of likely N-dealkylation sites (N-methyl/N-ethyl adjacent to an activating group) is 1. The zero-order chi connectivity index (χ0) is 14.4. The van der Waals surface area contributed by atoms with Crippen LogP contribution in [0.3, 0.4) is 0 Å². The Morgan fingerprint density at radius 1 is 1.15 bits per heavy atom. The van der Waals surface area contributed by atoms with Gasteiger partial charge < -0.3 is 0 Å². The number of nitrogens with zero attached hydrogens (tertiary/aromatic N) is 5. The highest BCUT2D eigenvalue weighted by Gasteiger charge is 2.12. The van der Waals surface area contributed by atoms with Crippen LogP contribution < -0.4 is 0 Å². The van der Waals surface area contributed by atoms with E-state index in [1.165, 1.54) is 0 Å². The van der Waals surface area contributed by atoms with Crippen molar-refractivity contribution in [3.05, 3.63) is 48.1 Å². The van der Waals surface area contributed by atoms with Gasteiger partial charge in [-0.1, -0.05) is 6.92 Å². The van der Waals surface area contributed by atoms with Crippen LogP contribution in [0.15, 0.2) is 30.9 Å². The van der Waals surface area contributed by atoms with E-state index >= 15 is 0 Å². The van der Waals surface area contributed by atoms with Crippen LogP contribution in [-0.2, 0) is 19.4 Å². The summed E-state index contributed by atoms with van der Waals surface area (Å²) in [4.78, 5) is 19.5. The Kier molecular flexibility index (Phi) is 5.12. The van der Waals surface area contributed by atoms with E-state index in [1.807, 2.05) is 18.5 Å². The van der Waals surface area contributed by atoms with Gasteiger partial charge in [0.2, 0.25) is 0 Å². The van der Waals surface area contributed by atoms with E-state index in [4.69, 9.17) is 0 Å². The van der Waals surface area contributed by atoms with Crippen molar-refractivity contribution < 1.29 is 0 Å². The molecule has 0 aliphatic heterocycles. The lowest BCUT2D eigenvalue weighted by atomic mass is 10.1. The topological polar surface area (TPSA) is 54.8 Å². The zero-order valence-corrected chi connectivity index (χ0v) is 12.3. The molecule has 5 heteroatoms. The molecule has 0 fully saturated rings. The summed E-state index contributed by atoms with van der Waals surface area (Å²) in [7, 11) is 2.11. The molecule has 0 saturated carbocycles. The predicted octanol–water partition coefficient (Wildman–Crippen LogP) is 1.89. The van der Waals surface area contributed by atoms with Crippen molar-refractivity contribution in [2.24, 2.45) is 0 Å². The van der Waals surface area contributed by atoms with Crippen molar-refractivity contribution in [1.29, 1.82) is 0 Å². The van der Waals surface area contributed by atoms with Crippen molar-refractivity contribution >= 4 is 0 Å². The molecule has 20 heavy (non-hydrogen) atoms. The number of aromatic nitrogens is 4. The maximum atomic E-state index is 4.54. The number of aryl methyl sites for hydroxylation is 1. The van der Waals surface area contributed by atoms with Crippen LogP contribution in [0.2, 0.25) is 0 Å². The van der Waals surface area contributed by atoms with Crippen molar-refractivity contribution in [3.8, 4) is 0 Å². The van der Waals surface area contributed by atoms with Crippen LogP contribution in [-0.4, -0.2) is 37.9 Å². The molecule has 0 aliphatic rings. The first kappa shape index (κ1) is 14.5. The quantitative estimate of drug-likeness (QED) is 0.803. The normalized spacial score (nSPS) is 12.6. The zero-order valence-electron chi connectivity index (χ0n) is 12.3. The van der Waals surface area contributed by atoms with E-state index in [9.17, 15) is 0 Å². The number of rotatable bonds is 6. The third kappa shape index (κ3) is 4.06. The maximum Gasteiger partial charge on any atom is 0.128 e. The van der Waals surface area contributed by atoms with Gasteiger partial charge in [0.25, 0.3) is 0 Å². The van der Waals surface area contributed by atoms with E-state index in [-0.39, 0.29) is 0 Å². The van der Waals surface area contributed by atoms with Gasteiger partial charge in [-0.2, -0.15) is 0 Å². The molecule has 2 rings (SSSR count). The van der Waals surface area contributed by atoms with Gasteiger partial charge in [0.05, 0.1) is 11.4 Å². The van der Waals surface area contributed by atoms with Gasteiger partial charge in [-0.25, -0.2) is 9.97 Å². The summed E-state index contributed by atoms with van der Waals surface area (Å²) in [6.07, 6.45) is 8.85. The second-order valence-electron chi connectivity index (χ2n) is 4.98. The second kappa shape index (κ2) is 7.05. The first-order valence-electron chi connectivity index (χ1n) is 6.95. The Balaban J connectivity index is 1.95.